The van der Waals surface area contributed by atoms with Gasteiger partial charge in [-0.15, -0.1) is 0 Å². The summed E-state index contributed by atoms with van der Waals surface area (Å²) in [5.74, 6) is 1.23. The predicted octanol–water partition coefficient (Wildman–Crippen LogP) is 1.77. The van der Waals surface area contributed by atoms with Gasteiger partial charge >= 0.3 is 6.03 Å². The van der Waals surface area contributed by atoms with Crippen molar-refractivity contribution in [3.05, 3.63) is 47.9 Å². The van der Waals surface area contributed by atoms with Gasteiger partial charge in [-0.25, -0.2) is 14.8 Å². The van der Waals surface area contributed by atoms with Gasteiger partial charge in [0.1, 0.15) is 11.6 Å². The Hall–Kier alpha value is -3.16. The van der Waals surface area contributed by atoms with Crippen LogP contribution in [0.5, 0.6) is 0 Å². The summed E-state index contributed by atoms with van der Waals surface area (Å²) in [4.78, 5) is 31.7. The molecule has 0 spiro atoms. The molecule has 1 heterocycles. The number of rotatable bonds is 6. The number of anilines is 2. The zero-order valence-corrected chi connectivity index (χ0v) is 14.5. The highest BCUT2D eigenvalue weighted by atomic mass is 16.2. The van der Waals surface area contributed by atoms with Crippen molar-refractivity contribution in [3.63, 3.8) is 0 Å². The molecule has 25 heavy (non-hydrogen) atoms. The molecule has 2 rings (SSSR count). The summed E-state index contributed by atoms with van der Waals surface area (Å²) in [6, 6.07) is 8.15. The Bertz CT molecular complexity index is 732. The van der Waals surface area contributed by atoms with Crippen molar-refractivity contribution in [2.75, 3.05) is 24.2 Å². The molecule has 0 bridgehead atoms. The quantitative estimate of drug-likeness (QED) is 0.640. The highest BCUT2D eigenvalue weighted by Crippen LogP contribution is 2.09. The minimum atomic E-state index is -0.308. The van der Waals surface area contributed by atoms with Gasteiger partial charge in [0.25, 0.3) is 5.91 Å². The van der Waals surface area contributed by atoms with Crippen LogP contribution in [0.15, 0.2) is 36.5 Å². The Morgan fingerprint density at radius 3 is 2.52 bits per heavy atom. The van der Waals surface area contributed by atoms with Crippen LogP contribution in [0.2, 0.25) is 0 Å². The van der Waals surface area contributed by atoms with Crippen LogP contribution in [0.25, 0.3) is 0 Å². The Morgan fingerprint density at radius 2 is 1.88 bits per heavy atom. The van der Waals surface area contributed by atoms with Crippen molar-refractivity contribution < 1.29 is 9.59 Å². The molecule has 1 atom stereocenters. The fourth-order valence-electron chi connectivity index (χ4n) is 2.09. The van der Waals surface area contributed by atoms with Crippen molar-refractivity contribution in [2.24, 2.45) is 0 Å². The lowest BCUT2D eigenvalue weighted by atomic mass is 10.2. The summed E-state index contributed by atoms with van der Waals surface area (Å²) < 4.78 is 0. The summed E-state index contributed by atoms with van der Waals surface area (Å²) in [6.07, 6.45) is 1.68. The Kier molecular flexibility index (Phi) is 6.27. The second-order valence-corrected chi connectivity index (χ2v) is 5.53. The van der Waals surface area contributed by atoms with Crippen LogP contribution >= 0.6 is 0 Å². The highest BCUT2D eigenvalue weighted by Gasteiger charge is 2.09. The third kappa shape index (κ3) is 5.76. The molecule has 8 nitrogen and oxygen atoms in total. The lowest BCUT2D eigenvalue weighted by Gasteiger charge is -2.15. The molecule has 4 N–H and O–H groups in total. The smallest absolute Gasteiger partial charge is 0.318 e. The first-order valence-electron chi connectivity index (χ1n) is 7.91. The standard InChI is InChI=1S/C17H22N6O2/c1-11(21-15-8-9-19-12(2)22-15)10-20-16(24)13-4-6-14(7-5-13)23-17(25)18-3/h4-9,11H,10H2,1-3H3,(H,20,24)(H2,18,23,25)(H,19,21,22). The molecule has 1 aromatic heterocycles. The molecule has 2 aromatic rings. The third-order valence-electron chi connectivity index (χ3n) is 3.37. The maximum Gasteiger partial charge on any atom is 0.318 e. The van der Waals surface area contributed by atoms with Gasteiger partial charge in [-0.1, -0.05) is 0 Å². The van der Waals surface area contributed by atoms with Crippen molar-refractivity contribution >= 4 is 23.4 Å². The van der Waals surface area contributed by atoms with Crippen LogP contribution in [0, 0.1) is 6.92 Å². The molecule has 0 aliphatic heterocycles. The lowest BCUT2D eigenvalue weighted by molar-refractivity contribution is 0.0952. The van der Waals surface area contributed by atoms with E-state index in [1.165, 1.54) is 7.05 Å². The van der Waals surface area contributed by atoms with E-state index in [2.05, 4.69) is 31.2 Å². The van der Waals surface area contributed by atoms with Crippen LogP contribution in [0.1, 0.15) is 23.1 Å². The predicted molar refractivity (Wildman–Crippen MR) is 96.7 cm³/mol. The van der Waals surface area contributed by atoms with Gasteiger partial charge in [0, 0.05) is 37.1 Å². The fraction of sp³-hybridized carbons (Fsp3) is 0.294. The van der Waals surface area contributed by atoms with Gasteiger partial charge in [-0.3, -0.25) is 4.79 Å². The second-order valence-electron chi connectivity index (χ2n) is 5.53. The first kappa shape index (κ1) is 18.2. The van der Waals surface area contributed by atoms with Crippen molar-refractivity contribution in [1.82, 2.24) is 20.6 Å². The molecular weight excluding hydrogens is 320 g/mol. The average molecular weight is 342 g/mol. The number of nitrogens with one attached hydrogen (secondary N) is 4. The molecule has 0 aliphatic carbocycles. The Labute approximate surface area is 146 Å². The van der Waals surface area contributed by atoms with E-state index >= 15 is 0 Å². The maximum absolute atomic E-state index is 12.2. The molecule has 0 saturated heterocycles. The number of carbonyl (C=O) groups excluding carboxylic acids is 2. The third-order valence-corrected chi connectivity index (χ3v) is 3.37. The minimum absolute atomic E-state index is 0.00689. The molecule has 132 valence electrons. The maximum atomic E-state index is 12.2. The number of nitrogens with zero attached hydrogens (tertiary/aromatic N) is 2. The number of amides is 3. The van der Waals surface area contributed by atoms with Gasteiger partial charge < -0.3 is 21.3 Å². The Morgan fingerprint density at radius 1 is 1.16 bits per heavy atom. The summed E-state index contributed by atoms with van der Waals surface area (Å²) >= 11 is 0. The van der Waals surface area contributed by atoms with Crippen molar-refractivity contribution in [1.29, 1.82) is 0 Å². The van der Waals surface area contributed by atoms with Gasteiger partial charge in [-0.2, -0.15) is 0 Å². The van der Waals surface area contributed by atoms with Crippen LogP contribution in [-0.4, -0.2) is 41.5 Å². The zero-order valence-electron chi connectivity index (χ0n) is 14.5. The highest BCUT2D eigenvalue weighted by molar-refractivity contribution is 5.95. The summed E-state index contributed by atoms with van der Waals surface area (Å²) in [5, 5.41) is 11.2. The van der Waals surface area contributed by atoms with Crippen molar-refractivity contribution in [2.45, 2.75) is 19.9 Å². The van der Waals surface area contributed by atoms with Crippen LogP contribution in [0.3, 0.4) is 0 Å². The molecule has 3 amide bonds. The molecule has 0 radical (unpaired) electrons. The Balaban J connectivity index is 1.84. The average Bonchev–Trinajstić information content (AvgIpc) is 2.60. The number of hydrogen-bond acceptors (Lipinski definition) is 5. The number of hydrogen-bond donors (Lipinski definition) is 4. The van der Waals surface area contributed by atoms with Crippen LogP contribution in [0.4, 0.5) is 16.3 Å². The first-order chi connectivity index (χ1) is 12.0. The molecule has 1 aromatic carbocycles. The topological polar surface area (TPSA) is 108 Å². The monoisotopic (exact) mass is 342 g/mol. The molecule has 8 heteroatoms. The zero-order chi connectivity index (χ0) is 18.2. The fourth-order valence-corrected chi connectivity index (χ4v) is 2.09. The summed E-state index contributed by atoms with van der Waals surface area (Å²) in [5.41, 5.74) is 1.14. The molecule has 0 aliphatic rings. The van der Waals surface area contributed by atoms with Crippen molar-refractivity contribution in [3.8, 4) is 0 Å². The largest absolute Gasteiger partial charge is 0.366 e. The summed E-state index contributed by atoms with van der Waals surface area (Å²) in [7, 11) is 1.54. The van der Waals surface area contributed by atoms with E-state index < -0.39 is 0 Å². The SMILES string of the molecule is CNC(=O)Nc1ccc(C(=O)NCC(C)Nc2ccnc(C)n2)cc1. The molecular formula is C17H22N6O2. The van der Waals surface area contributed by atoms with E-state index in [9.17, 15) is 9.59 Å². The van der Waals surface area contributed by atoms with Gasteiger partial charge in [0.05, 0.1) is 0 Å². The number of carbonyl (C=O) groups is 2. The van der Waals surface area contributed by atoms with E-state index in [1.807, 2.05) is 13.8 Å². The van der Waals surface area contributed by atoms with E-state index in [1.54, 1.807) is 36.5 Å². The van der Waals surface area contributed by atoms with Gasteiger partial charge in [-0.05, 0) is 44.2 Å². The van der Waals surface area contributed by atoms with Gasteiger partial charge in [0.15, 0.2) is 0 Å². The first-order valence-corrected chi connectivity index (χ1v) is 7.91. The van der Waals surface area contributed by atoms with E-state index in [-0.39, 0.29) is 18.0 Å². The van der Waals surface area contributed by atoms with E-state index in [0.717, 1.165) is 5.82 Å². The molecule has 0 fully saturated rings. The van der Waals surface area contributed by atoms with E-state index in [4.69, 9.17) is 0 Å². The number of urea groups is 1. The molecule has 0 saturated carbocycles. The van der Waals surface area contributed by atoms with Crippen LogP contribution < -0.4 is 21.3 Å². The van der Waals surface area contributed by atoms with Crippen LogP contribution in [-0.2, 0) is 0 Å². The summed E-state index contributed by atoms with van der Waals surface area (Å²) in [6.45, 7) is 4.22. The van der Waals surface area contributed by atoms with E-state index in [0.29, 0.717) is 23.6 Å². The second kappa shape index (κ2) is 8.62. The lowest BCUT2D eigenvalue weighted by Crippen LogP contribution is -2.34. The normalized spacial score (nSPS) is 11.3. The minimum Gasteiger partial charge on any atom is -0.366 e. The molecule has 1 unspecified atom stereocenters. The number of benzene rings is 1. The number of aryl methyl sites for hydroxylation is 1. The van der Waals surface area contributed by atoms with Gasteiger partial charge in [0.2, 0.25) is 0 Å². The number of aromatic nitrogens is 2.